The maximum Gasteiger partial charge on any atom is 0.309 e. The Morgan fingerprint density at radius 3 is 2.58 bits per heavy atom. The van der Waals surface area contributed by atoms with Crippen LogP contribution in [0.25, 0.3) is 0 Å². The van der Waals surface area contributed by atoms with Gasteiger partial charge in [-0.3, -0.25) is 9.59 Å². The number of methoxy groups -OCH3 is 2. The Balaban J connectivity index is 1.84. The predicted molar refractivity (Wildman–Crippen MR) is 90.8 cm³/mol. The second kappa shape index (κ2) is 9.27. The lowest BCUT2D eigenvalue weighted by atomic mass is 9.95. The van der Waals surface area contributed by atoms with Crippen LogP contribution in [0, 0.1) is 0 Å². The minimum absolute atomic E-state index is 0.119. The zero-order valence-corrected chi connectivity index (χ0v) is 14.3. The largest absolute Gasteiger partial charge is 0.497 e. The Morgan fingerprint density at radius 2 is 1.92 bits per heavy atom. The lowest BCUT2D eigenvalue weighted by Crippen LogP contribution is -2.46. The van der Waals surface area contributed by atoms with E-state index >= 15 is 0 Å². The molecule has 2 N–H and O–H groups in total. The number of hydrogen-bond donors (Lipinski definition) is 2. The highest BCUT2D eigenvalue weighted by molar-refractivity contribution is 6.35. The van der Waals surface area contributed by atoms with Crippen molar-refractivity contribution in [2.75, 3.05) is 20.8 Å². The first-order valence-electron chi connectivity index (χ1n) is 8.39. The van der Waals surface area contributed by atoms with Crippen LogP contribution in [0.4, 0.5) is 0 Å². The third-order valence-electron chi connectivity index (χ3n) is 4.34. The van der Waals surface area contributed by atoms with Gasteiger partial charge in [-0.15, -0.1) is 0 Å². The fourth-order valence-corrected chi connectivity index (χ4v) is 2.94. The molecule has 0 heterocycles. The molecule has 24 heavy (non-hydrogen) atoms. The van der Waals surface area contributed by atoms with Crippen molar-refractivity contribution in [3.8, 4) is 5.75 Å². The molecule has 0 saturated heterocycles. The fourth-order valence-electron chi connectivity index (χ4n) is 2.94. The molecule has 1 atom stereocenters. The van der Waals surface area contributed by atoms with Gasteiger partial charge >= 0.3 is 11.8 Å². The van der Waals surface area contributed by atoms with Crippen LogP contribution in [0.1, 0.15) is 43.8 Å². The Bertz CT molecular complexity index is 556. The van der Waals surface area contributed by atoms with E-state index in [9.17, 15) is 9.59 Å². The van der Waals surface area contributed by atoms with E-state index in [1.165, 1.54) is 6.42 Å². The quantitative estimate of drug-likeness (QED) is 0.780. The van der Waals surface area contributed by atoms with Crippen LogP contribution in [0.2, 0.25) is 0 Å². The minimum Gasteiger partial charge on any atom is -0.497 e. The molecule has 2 rings (SSSR count). The normalized spacial score (nSPS) is 16.2. The standard InChI is InChI=1S/C18H26N2O4/c1-23-15-10-6-7-13(11-15)16(24-2)12-19-17(21)18(22)20-14-8-4-3-5-9-14/h6-7,10-11,14,16H,3-5,8-9,12H2,1-2H3,(H,19,21)(H,20,22). The zero-order chi connectivity index (χ0) is 17.4. The van der Waals surface area contributed by atoms with Gasteiger partial charge in [-0.2, -0.15) is 0 Å². The molecule has 132 valence electrons. The van der Waals surface area contributed by atoms with Gasteiger partial charge in [-0.05, 0) is 30.5 Å². The van der Waals surface area contributed by atoms with Crippen molar-refractivity contribution in [2.45, 2.75) is 44.2 Å². The van der Waals surface area contributed by atoms with Crippen LogP contribution in [-0.4, -0.2) is 38.6 Å². The van der Waals surface area contributed by atoms with Crippen LogP contribution in [-0.2, 0) is 14.3 Å². The van der Waals surface area contributed by atoms with E-state index in [2.05, 4.69) is 10.6 Å². The average Bonchev–Trinajstić information content (AvgIpc) is 2.63. The third kappa shape index (κ3) is 5.23. The maximum absolute atomic E-state index is 12.0. The summed E-state index contributed by atoms with van der Waals surface area (Å²) in [6.45, 7) is 0.223. The van der Waals surface area contributed by atoms with Crippen LogP contribution in [0.5, 0.6) is 5.75 Å². The smallest absolute Gasteiger partial charge is 0.309 e. The highest BCUT2D eigenvalue weighted by Crippen LogP contribution is 2.21. The number of carbonyl (C=O) groups excluding carboxylic acids is 2. The van der Waals surface area contributed by atoms with Crippen molar-refractivity contribution in [1.82, 2.24) is 10.6 Å². The van der Waals surface area contributed by atoms with Crippen LogP contribution < -0.4 is 15.4 Å². The first-order valence-corrected chi connectivity index (χ1v) is 8.39. The molecular formula is C18H26N2O4. The second-order valence-corrected chi connectivity index (χ2v) is 6.02. The van der Waals surface area contributed by atoms with Gasteiger partial charge in [-0.1, -0.05) is 31.4 Å². The van der Waals surface area contributed by atoms with Crippen molar-refractivity contribution >= 4 is 11.8 Å². The molecule has 1 unspecified atom stereocenters. The predicted octanol–water partition coefficient (Wildman–Crippen LogP) is 1.95. The Kier molecular flexibility index (Phi) is 7.06. The number of nitrogens with one attached hydrogen (secondary N) is 2. The fraction of sp³-hybridized carbons (Fsp3) is 0.556. The Labute approximate surface area is 142 Å². The van der Waals surface area contributed by atoms with Crippen LogP contribution in [0.3, 0.4) is 0 Å². The number of ether oxygens (including phenoxy) is 2. The van der Waals surface area contributed by atoms with Gasteiger partial charge < -0.3 is 20.1 Å². The third-order valence-corrected chi connectivity index (χ3v) is 4.34. The summed E-state index contributed by atoms with van der Waals surface area (Å²) in [6, 6.07) is 7.56. The molecule has 6 heteroatoms. The molecule has 1 aliphatic rings. The van der Waals surface area contributed by atoms with E-state index in [0.29, 0.717) is 0 Å². The molecular weight excluding hydrogens is 308 g/mol. The average molecular weight is 334 g/mol. The number of rotatable bonds is 6. The van der Waals surface area contributed by atoms with Gasteiger partial charge in [-0.25, -0.2) is 0 Å². The molecule has 1 fully saturated rings. The molecule has 0 bridgehead atoms. The van der Waals surface area contributed by atoms with Gasteiger partial charge in [0, 0.05) is 19.7 Å². The number of amides is 2. The summed E-state index contributed by atoms with van der Waals surface area (Å²) >= 11 is 0. The van der Waals surface area contributed by atoms with Gasteiger partial charge in [0.05, 0.1) is 13.2 Å². The first kappa shape index (κ1) is 18.3. The Morgan fingerprint density at radius 1 is 1.17 bits per heavy atom. The zero-order valence-electron chi connectivity index (χ0n) is 14.3. The number of hydrogen-bond acceptors (Lipinski definition) is 4. The van der Waals surface area contributed by atoms with E-state index in [1.807, 2.05) is 24.3 Å². The van der Waals surface area contributed by atoms with Crippen molar-refractivity contribution in [2.24, 2.45) is 0 Å². The summed E-state index contributed by atoms with van der Waals surface area (Å²) in [5.74, 6) is -0.469. The van der Waals surface area contributed by atoms with E-state index < -0.39 is 11.8 Å². The summed E-state index contributed by atoms with van der Waals surface area (Å²) in [5.41, 5.74) is 0.879. The lowest BCUT2D eigenvalue weighted by Gasteiger charge is -2.22. The molecule has 0 aliphatic heterocycles. The molecule has 1 aromatic rings. The van der Waals surface area contributed by atoms with Gasteiger partial charge in [0.15, 0.2) is 0 Å². The van der Waals surface area contributed by atoms with Gasteiger partial charge in [0.25, 0.3) is 0 Å². The Hall–Kier alpha value is -2.08. The summed E-state index contributed by atoms with van der Waals surface area (Å²) in [5, 5.41) is 5.45. The van der Waals surface area contributed by atoms with Crippen molar-refractivity contribution in [3.05, 3.63) is 29.8 Å². The molecule has 6 nitrogen and oxygen atoms in total. The topological polar surface area (TPSA) is 76.7 Å². The number of carbonyl (C=O) groups is 2. The van der Waals surface area contributed by atoms with Crippen molar-refractivity contribution < 1.29 is 19.1 Å². The van der Waals surface area contributed by atoms with Crippen LogP contribution >= 0.6 is 0 Å². The highest BCUT2D eigenvalue weighted by atomic mass is 16.5. The van der Waals surface area contributed by atoms with Gasteiger partial charge in [0.2, 0.25) is 0 Å². The molecule has 1 saturated carbocycles. The highest BCUT2D eigenvalue weighted by Gasteiger charge is 2.21. The van der Waals surface area contributed by atoms with Crippen molar-refractivity contribution in [1.29, 1.82) is 0 Å². The summed E-state index contributed by atoms with van der Waals surface area (Å²) in [6.07, 6.45) is 4.97. The second-order valence-electron chi connectivity index (χ2n) is 6.02. The number of benzene rings is 1. The van der Waals surface area contributed by atoms with Crippen LogP contribution in [0.15, 0.2) is 24.3 Å². The van der Waals surface area contributed by atoms with E-state index in [0.717, 1.165) is 37.0 Å². The lowest BCUT2D eigenvalue weighted by molar-refractivity contribution is -0.140. The summed E-state index contributed by atoms with van der Waals surface area (Å²) in [4.78, 5) is 24.0. The molecule has 1 aromatic carbocycles. The molecule has 0 radical (unpaired) electrons. The van der Waals surface area contributed by atoms with E-state index in [4.69, 9.17) is 9.47 Å². The summed E-state index contributed by atoms with van der Waals surface area (Å²) < 4.78 is 10.6. The van der Waals surface area contributed by atoms with E-state index in [1.54, 1.807) is 14.2 Å². The first-order chi connectivity index (χ1) is 11.6. The summed E-state index contributed by atoms with van der Waals surface area (Å²) in [7, 11) is 3.16. The molecule has 0 spiro atoms. The SMILES string of the molecule is COc1cccc(C(CNC(=O)C(=O)NC2CCCCC2)OC)c1. The molecule has 1 aliphatic carbocycles. The monoisotopic (exact) mass is 334 g/mol. The van der Waals surface area contributed by atoms with E-state index in [-0.39, 0.29) is 18.7 Å². The van der Waals surface area contributed by atoms with Crippen molar-refractivity contribution in [3.63, 3.8) is 0 Å². The maximum atomic E-state index is 12.0. The minimum atomic E-state index is -0.620. The molecule has 2 amide bonds. The molecule has 0 aromatic heterocycles. The van der Waals surface area contributed by atoms with Gasteiger partial charge in [0.1, 0.15) is 5.75 Å².